The second-order valence-corrected chi connectivity index (χ2v) is 10.3. The van der Waals surface area contributed by atoms with E-state index in [4.69, 9.17) is 27.1 Å². The lowest BCUT2D eigenvalue weighted by Crippen LogP contribution is -2.57. The number of anilines is 1. The SMILES string of the molecule is COc1ccc(-c2nn(C(C)c3nc4cccc(Cl)c4c(=O)n3N3CCNC(C)C3)c3ncnc(N)c23)c(F)c1F. The third-order valence-corrected chi connectivity index (χ3v) is 7.58. The van der Waals surface area contributed by atoms with Crippen LogP contribution in [0.15, 0.2) is 41.5 Å². The Morgan fingerprint density at radius 1 is 1.17 bits per heavy atom. The van der Waals surface area contributed by atoms with E-state index < -0.39 is 17.7 Å². The second-order valence-electron chi connectivity index (χ2n) is 9.86. The van der Waals surface area contributed by atoms with E-state index in [9.17, 15) is 9.18 Å². The molecule has 11 nitrogen and oxygen atoms in total. The normalized spacial score (nSPS) is 16.4. The molecule has 0 amide bonds. The third-order valence-electron chi connectivity index (χ3n) is 7.26. The molecule has 41 heavy (non-hydrogen) atoms. The minimum Gasteiger partial charge on any atom is -0.494 e. The molecule has 3 aromatic heterocycles. The van der Waals surface area contributed by atoms with E-state index in [-0.39, 0.29) is 45.5 Å². The maximum absolute atomic E-state index is 15.3. The van der Waals surface area contributed by atoms with Crippen molar-refractivity contribution < 1.29 is 13.5 Å². The highest BCUT2D eigenvalue weighted by Crippen LogP contribution is 2.36. The molecule has 0 saturated carbocycles. The minimum atomic E-state index is -1.16. The molecular formula is C27H26ClF2N9O2. The molecule has 0 radical (unpaired) electrons. The monoisotopic (exact) mass is 581 g/mol. The molecule has 3 N–H and O–H groups in total. The molecule has 1 aliphatic rings. The van der Waals surface area contributed by atoms with Gasteiger partial charge in [0.1, 0.15) is 23.9 Å². The van der Waals surface area contributed by atoms with E-state index >= 15 is 4.39 Å². The van der Waals surface area contributed by atoms with Crippen LogP contribution >= 0.6 is 11.6 Å². The average molecular weight is 582 g/mol. The van der Waals surface area contributed by atoms with Crippen molar-refractivity contribution in [3.8, 4) is 17.0 Å². The molecule has 2 aromatic carbocycles. The van der Waals surface area contributed by atoms with E-state index in [0.717, 1.165) is 0 Å². The van der Waals surface area contributed by atoms with Gasteiger partial charge in [0.25, 0.3) is 5.56 Å². The van der Waals surface area contributed by atoms with Crippen molar-refractivity contribution in [2.75, 3.05) is 37.5 Å². The van der Waals surface area contributed by atoms with Crippen LogP contribution in [-0.4, -0.2) is 62.2 Å². The molecule has 1 fully saturated rings. The van der Waals surface area contributed by atoms with Crippen molar-refractivity contribution in [1.82, 2.24) is 34.7 Å². The Labute approximate surface area is 237 Å². The predicted molar refractivity (Wildman–Crippen MR) is 152 cm³/mol. The molecule has 2 atom stereocenters. The molecule has 6 rings (SSSR count). The van der Waals surface area contributed by atoms with E-state index in [1.165, 1.54) is 34.9 Å². The Bertz CT molecular complexity index is 1880. The van der Waals surface area contributed by atoms with Crippen molar-refractivity contribution in [3.05, 3.63) is 69.5 Å². The lowest BCUT2D eigenvalue weighted by molar-refractivity contribution is 0.372. The standard InChI is InChI=1S/C27H26ClF2N9O2/c1-13-11-37(10-9-32-13)39-25(35-17-6-4-5-16(28)19(17)27(39)40)14(2)38-26-20(24(31)33-12-34-26)23(36-38)15-7-8-18(41-3)22(30)21(15)29/h4-8,12-14,32H,9-11H2,1-3H3,(H2,31,33,34). The largest absolute Gasteiger partial charge is 0.494 e. The molecule has 1 saturated heterocycles. The van der Waals surface area contributed by atoms with Crippen LogP contribution in [-0.2, 0) is 0 Å². The average Bonchev–Trinajstić information content (AvgIpc) is 3.34. The zero-order valence-electron chi connectivity index (χ0n) is 22.4. The fourth-order valence-electron chi connectivity index (χ4n) is 5.27. The van der Waals surface area contributed by atoms with Gasteiger partial charge in [0, 0.05) is 31.2 Å². The lowest BCUT2D eigenvalue weighted by atomic mass is 10.1. The van der Waals surface area contributed by atoms with Gasteiger partial charge in [0.05, 0.1) is 28.4 Å². The number of nitrogens with two attached hydrogens (primary N) is 1. The maximum Gasteiger partial charge on any atom is 0.281 e. The Morgan fingerprint density at radius 2 is 1.98 bits per heavy atom. The number of piperazine rings is 1. The number of methoxy groups -OCH3 is 1. The van der Waals surface area contributed by atoms with Crippen molar-refractivity contribution in [2.24, 2.45) is 0 Å². The van der Waals surface area contributed by atoms with Gasteiger partial charge in [0.15, 0.2) is 23.0 Å². The molecule has 2 unspecified atom stereocenters. The van der Waals surface area contributed by atoms with Crippen LogP contribution in [0.25, 0.3) is 33.2 Å². The van der Waals surface area contributed by atoms with Gasteiger partial charge in [-0.25, -0.2) is 28.7 Å². The van der Waals surface area contributed by atoms with Crippen LogP contribution < -0.4 is 26.4 Å². The topological polar surface area (TPSA) is 129 Å². The van der Waals surface area contributed by atoms with Crippen molar-refractivity contribution in [2.45, 2.75) is 25.9 Å². The highest BCUT2D eigenvalue weighted by molar-refractivity contribution is 6.35. The predicted octanol–water partition coefficient (Wildman–Crippen LogP) is 3.26. The van der Waals surface area contributed by atoms with Crippen LogP contribution in [0.1, 0.15) is 25.7 Å². The maximum atomic E-state index is 15.3. The van der Waals surface area contributed by atoms with Crippen LogP contribution in [0, 0.1) is 11.6 Å². The first-order valence-electron chi connectivity index (χ1n) is 12.9. The summed E-state index contributed by atoms with van der Waals surface area (Å²) in [5.41, 5.74) is 6.46. The Hall–Kier alpha value is -4.36. The van der Waals surface area contributed by atoms with Gasteiger partial charge >= 0.3 is 0 Å². The number of ether oxygens (including phenoxy) is 1. The fraction of sp³-hybridized carbons (Fsp3) is 0.296. The number of hydrogen-bond donors (Lipinski definition) is 2. The Morgan fingerprint density at radius 3 is 2.73 bits per heavy atom. The van der Waals surface area contributed by atoms with E-state index in [1.54, 1.807) is 25.1 Å². The number of halogens is 3. The Balaban J connectivity index is 1.61. The Kier molecular flexibility index (Phi) is 6.70. The zero-order chi connectivity index (χ0) is 29.0. The van der Waals surface area contributed by atoms with Crippen molar-refractivity contribution >= 4 is 39.4 Å². The number of nitrogens with one attached hydrogen (secondary N) is 1. The van der Waals surface area contributed by atoms with Crippen LogP contribution in [0.2, 0.25) is 5.02 Å². The van der Waals surface area contributed by atoms with Gasteiger partial charge < -0.3 is 20.8 Å². The summed E-state index contributed by atoms with van der Waals surface area (Å²) in [5.74, 6) is -2.18. The molecule has 1 aliphatic heterocycles. The number of hydrogen-bond acceptors (Lipinski definition) is 9. The van der Waals surface area contributed by atoms with E-state index in [0.29, 0.717) is 41.4 Å². The molecule has 4 heterocycles. The summed E-state index contributed by atoms with van der Waals surface area (Å²) in [6, 6.07) is 7.14. The molecule has 212 valence electrons. The first-order chi connectivity index (χ1) is 19.7. The smallest absolute Gasteiger partial charge is 0.281 e. The quantitative estimate of drug-likeness (QED) is 0.321. The summed E-state index contributed by atoms with van der Waals surface area (Å²) < 4.78 is 37.9. The number of rotatable bonds is 5. The van der Waals surface area contributed by atoms with Crippen molar-refractivity contribution in [3.63, 3.8) is 0 Å². The molecule has 0 spiro atoms. The number of nitrogens with zero attached hydrogens (tertiary/aromatic N) is 7. The van der Waals surface area contributed by atoms with Crippen LogP contribution in [0.3, 0.4) is 0 Å². The zero-order valence-corrected chi connectivity index (χ0v) is 23.2. The van der Waals surface area contributed by atoms with Gasteiger partial charge in [-0.2, -0.15) is 9.49 Å². The minimum absolute atomic E-state index is 0.0330. The highest BCUT2D eigenvalue weighted by Gasteiger charge is 2.30. The summed E-state index contributed by atoms with van der Waals surface area (Å²) in [6.07, 6.45) is 1.26. The highest BCUT2D eigenvalue weighted by atomic mass is 35.5. The van der Waals surface area contributed by atoms with Gasteiger partial charge in [-0.15, -0.1) is 0 Å². The summed E-state index contributed by atoms with van der Waals surface area (Å²) >= 11 is 6.46. The first kappa shape index (κ1) is 26.8. The lowest BCUT2D eigenvalue weighted by Gasteiger charge is -2.36. The van der Waals surface area contributed by atoms with Gasteiger partial charge in [-0.05, 0) is 38.1 Å². The number of fused-ring (bicyclic) bond motifs is 2. The van der Waals surface area contributed by atoms with Gasteiger partial charge in [-0.1, -0.05) is 17.7 Å². The summed E-state index contributed by atoms with van der Waals surface area (Å²) in [6.45, 7) is 5.55. The molecule has 0 aliphatic carbocycles. The van der Waals surface area contributed by atoms with Crippen molar-refractivity contribution in [1.29, 1.82) is 0 Å². The first-order valence-corrected chi connectivity index (χ1v) is 13.3. The second kappa shape index (κ2) is 10.2. The summed E-state index contributed by atoms with van der Waals surface area (Å²) in [4.78, 5) is 27.3. The number of nitrogen functional groups attached to an aromatic ring is 1. The van der Waals surface area contributed by atoms with E-state index in [1.807, 2.05) is 11.9 Å². The third kappa shape index (κ3) is 4.32. The van der Waals surface area contributed by atoms with Gasteiger partial charge in [0.2, 0.25) is 5.82 Å². The molecule has 0 bridgehead atoms. The summed E-state index contributed by atoms with van der Waals surface area (Å²) in [7, 11) is 1.25. The summed E-state index contributed by atoms with van der Waals surface area (Å²) in [5, 5.41) is 10.8. The van der Waals surface area contributed by atoms with Crippen LogP contribution in [0.5, 0.6) is 5.75 Å². The molecule has 5 aromatic rings. The number of benzene rings is 2. The number of aromatic nitrogens is 6. The fourth-order valence-corrected chi connectivity index (χ4v) is 5.52. The molecule has 14 heteroatoms. The molecular weight excluding hydrogens is 556 g/mol. The van der Waals surface area contributed by atoms with E-state index in [2.05, 4.69) is 20.4 Å². The van der Waals surface area contributed by atoms with Gasteiger partial charge in [-0.3, -0.25) is 4.79 Å². The van der Waals surface area contributed by atoms with Crippen LogP contribution in [0.4, 0.5) is 14.6 Å².